The third-order valence-electron chi connectivity index (χ3n) is 4.29. The summed E-state index contributed by atoms with van der Waals surface area (Å²) in [6, 6.07) is 13.0. The molecule has 1 aromatic heterocycles. The van der Waals surface area contributed by atoms with E-state index in [1.807, 2.05) is 24.3 Å². The van der Waals surface area contributed by atoms with Crippen molar-refractivity contribution >= 4 is 23.2 Å². The molecule has 25 heavy (non-hydrogen) atoms. The molecule has 6 heteroatoms. The fraction of sp³-hybridized carbons (Fsp3) is 0.316. The fourth-order valence-corrected chi connectivity index (χ4v) is 2.97. The van der Waals surface area contributed by atoms with Crippen LogP contribution in [0.3, 0.4) is 0 Å². The Bertz CT molecular complexity index is 740. The molecular weight excluding hydrogens is 316 g/mol. The van der Waals surface area contributed by atoms with E-state index in [9.17, 15) is 9.59 Å². The number of para-hydroxylation sites is 1. The van der Waals surface area contributed by atoms with E-state index in [2.05, 4.69) is 20.1 Å². The summed E-state index contributed by atoms with van der Waals surface area (Å²) in [5.74, 6) is 0.821. The highest BCUT2D eigenvalue weighted by molar-refractivity contribution is 6.04. The number of benzene rings is 1. The molecular formula is C19H22N4O2. The van der Waals surface area contributed by atoms with Gasteiger partial charge in [-0.05, 0) is 31.2 Å². The molecule has 6 nitrogen and oxygen atoms in total. The van der Waals surface area contributed by atoms with Crippen molar-refractivity contribution in [2.24, 2.45) is 0 Å². The van der Waals surface area contributed by atoms with Gasteiger partial charge in [-0.2, -0.15) is 0 Å². The number of hydrogen-bond donors (Lipinski definition) is 1. The van der Waals surface area contributed by atoms with Gasteiger partial charge in [0.15, 0.2) is 5.78 Å². The Morgan fingerprint density at radius 3 is 2.44 bits per heavy atom. The van der Waals surface area contributed by atoms with Crippen LogP contribution in [0.15, 0.2) is 48.7 Å². The third-order valence-corrected chi connectivity index (χ3v) is 4.29. The van der Waals surface area contributed by atoms with E-state index in [0.717, 1.165) is 32.0 Å². The van der Waals surface area contributed by atoms with E-state index in [1.54, 1.807) is 24.4 Å². The molecule has 0 aliphatic carbocycles. The second-order valence-electron chi connectivity index (χ2n) is 6.10. The van der Waals surface area contributed by atoms with Crippen molar-refractivity contribution in [1.82, 2.24) is 9.88 Å². The van der Waals surface area contributed by atoms with Gasteiger partial charge < -0.3 is 10.2 Å². The number of ketones is 1. The SMILES string of the molecule is CC(=O)c1ccccc1NC(=O)CN1CCN(c2ccccn2)CC1. The Morgan fingerprint density at radius 1 is 1.04 bits per heavy atom. The van der Waals surface area contributed by atoms with Crippen molar-refractivity contribution in [2.75, 3.05) is 42.9 Å². The van der Waals surface area contributed by atoms with Crippen molar-refractivity contribution in [2.45, 2.75) is 6.92 Å². The predicted octanol–water partition coefficient (Wildman–Crippen LogP) is 2.04. The van der Waals surface area contributed by atoms with Crippen LogP contribution < -0.4 is 10.2 Å². The van der Waals surface area contributed by atoms with Gasteiger partial charge in [0.2, 0.25) is 5.91 Å². The molecule has 2 heterocycles. The van der Waals surface area contributed by atoms with Gasteiger partial charge in [0.1, 0.15) is 5.82 Å². The summed E-state index contributed by atoms with van der Waals surface area (Å²) in [6.07, 6.45) is 1.79. The quantitative estimate of drug-likeness (QED) is 0.845. The molecule has 1 saturated heterocycles. The van der Waals surface area contributed by atoms with Crippen molar-refractivity contribution in [3.8, 4) is 0 Å². The number of amides is 1. The highest BCUT2D eigenvalue weighted by atomic mass is 16.2. The number of nitrogens with zero attached hydrogens (tertiary/aromatic N) is 3. The van der Waals surface area contributed by atoms with Crippen molar-refractivity contribution in [1.29, 1.82) is 0 Å². The molecule has 1 N–H and O–H groups in total. The average molecular weight is 338 g/mol. The summed E-state index contributed by atoms with van der Waals surface area (Å²) in [6.45, 7) is 5.11. The highest BCUT2D eigenvalue weighted by Crippen LogP contribution is 2.16. The van der Waals surface area contributed by atoms with Crippen LogP contribution in [0.25, 0.3) is 0 Å². The number of aromatic nitrogens is 1. The van der Waals surface area contributed by atoms with E-state index in [4.69, 9.17) is 0 Å². The number of nitrogens with one attached hydrogen (secondary N) is 1. The molecule has 2 aromatic rings. The summed E-state index contributed by atoms with van der Waals surface area (Å²) < 4.78 is 0. The second kappa shape index (κ2) is 7.90. The molecule has 0 spiro atoms. The highest BCUT2D eigenvalue weighted by Gasteiger charge is 2.20. The number of carbonyl (C=O) groups excluding carboxylic acids is 2. The Morgan fingerprint density at radius 2 is 1.76 bits per heavy atom. The molecule has 1 aliphatic rings. The van der Waals surface area contributed by atoms with Crippen molar-refractivity contribution in [3.63, 3.8) is 0 Å². The summed E-state index contributed by atoms with van der Waals surface area (Å²) in [7, 11) is 0. The van der Waals surface area contributed by atoms with Gasteiger partial charge in [-0.15, -0.1) is 0 Å². The van der Waals surface area contributed by atoms with Crippen LogP contribution in [0.4, 0.5) is 11.5 Å². The standard InChI is InChI=1S/C19H22N4O2/c1-15(24)16-6-2-3-7-17(16)21-19(25)14-22-10-12-23(13-11-22)18-8-4-5-9-20-18/h2-9H,10-14H2,1H3,(H,21,25). The number of Topliss-reactive ketones (excluding diaryl/α,β-unsaturated/α-hetero) is 1. The maximum Gasteiger partial charge on any atom is 0.238 e. The summed E-state index contributed by atoms with van der Waals surface area (Å²) in [5.41, 5.74) is 1.11. The largest absolute Gasteiger partial charge is 0.354 e. The van der Waals surface area contributed by atoms with Crippen LogP contribution >= 0.6 is 0 Å². The van der Waals surface area contributed by atoms with Gasteiger partial charge in [0.05, 0.1) is 12.2 Å². The summed E-state index contributed by atoms with van der Waals surface area (Å²) in [5, 5.41) is 2.85. The fourth-order valence-electron chi connectivity index (χ4n) is 2.97. The van der Waals surface area contributed by atoms with Gasteiger partial charge in [-0.3, -0.25) is 14.5 Å². The van der Waals surface area contributed by atoms with E-state index in [-0.39, 0.29) is 11.7 Å². The number of rotatable bonds is 5. The molecule has 3 rings (SSSR count). The number of piperazine rings is 1. The van der Waals surface area contributed by atoms with E-state index in [1.165, 1.54) is 6.92 Å². The van der Waals surface area contributed by atoms with Crippen LogP contribution in [-0.4, -0.2) is 54.3 Å². The van der Waals surface area contributed by atoms with Crippen molar-refractivity contribution < 1.29 is 9.59 Å². The first-order valence-corrected chi connectivity index (χ1v) is 8.41. The van der Waals surface area contributed by atoms with Crippen LogP contribution in [0, 0.1) is 0 Å². The Kier molecular flexibility index (Phi) is 5.40. The smallest absolute Gasteiger partial charge is 0.238 e. The molecule has 0 radical (unpaired) electrons. The van der Waals surface area contributed by atoms with Gasteiger partial charge >= 0.3 is 0 Å². The lowest BCUT2D eigenvalue weighted by Crippen LogP contribution is -2.48. The topological polar surface area (TPSA) is 65.5 Å². The average Bonchev–Trinajstić information content (AvgIpc) is 2.63. The summed E-state index contributed by atoms with van der Waals surface area (Å²) >= 11 is 0. The number of anilines is 2. The number of carbonyl (C=O) groups is 2. The maximum atomic E-state index is 12.3. The number of pyridine rings is 1. The molecule has 1 amide bonds. The second-order valence-corrected chi connectivity index (χ2v) is 6.10. The molecule has 1 aliphatic heterocycles. The van der Waals surface area contributed by atoms with Crippen LogP contribution in [0.5, 0.6) is 0 Å². The zero-order valence-corrected chi connectivity index (χ0v) is 14.3. The minimum Gasteiger partial charge on any atom is -0.354 e. The zero-order chi connectivity index (χ0) is 17.6. The monoisotopic (exact) mass is 338 g/mol. The molecule has 0 saturated carbocycles. The molecule has 0 bridgehead atoms. The molecule has 0 unspecified atom stereocenters. The molecule has 0 atom stereocenters. The maximum absolute atomic E-state index is 12.3. The van der Waals surface area contributed by atoms with Crippen LogP contribution in [0.2, 0.25) is 0 Å². The Labute approximate surface area is 147 Å². The first-order valence-electron chi connectivity index (χ1n) is 8.41. The number of hydrogen-bond acceptors (Lipinski definition) is 5. The van der Waals surface area contributed by atoms with Gasteiger partial charge in [0.25, 0.3) is 0 Å². The lowest BCUT2D eigenvalue weighted by Gasteiger charge is -2.34. The normalized spacial score (nSPS) is 15.0. The molecule has 1 aromatic carbocycles. The Balaban J connectivity index is 1.52. The van der Waals surface area contributed by atoms with Gasteiger partial charge in [-0.1, -0.05) is 18.2 Å². The zero-order valence-electron chi connectivity index (χ0n) is 14.3. The third kappa shape index (κ3) is 4.42. The van der Waals surface area contributed by atoms with Crippen LogP contribution in [0.1, 0.15) is 17.3 Å². The first-order chi connectivity index (χ1) is 12.1. The minimum atomic E-state index is -0.0972. The molecule has 1 fully saturated rings. The first kappa shape index (κ1) is 17.1. The van der Waals surface area contributed by atoms with E-state index >= 15 is 0 Å². The Hall–Kier alpha value is -2.73. The van der Waals surface area contributed by atoms with Crippen LogP contribution in [-0.2, 0) is 4.79 Å². The minimum absolute atomic E-state index is 0.0557. The van der Waals surface area contributed by atoms with E-state index < -0.39 is 0 Å². The lowest BCUT2D eigenvalue weighted by atomic mass is 10.1. The van der Waals surface area contributed by atoms with Gasteiger partial charge in [-0.25, -0.2) is 4.98 Å². The van der Waals surface area contributed by atoms with E-state index in [0.29, 0.717) is 17.8 Å². The van der Waals surface area contributed by atoms with Gasteiger partial charge in [0, 0.05) is 37.9 Å². The lowest BCUT2D eigenvalue weighted by molar-refractivity contribution is -0.117. The predicted molar refractivity (Wildman–Crippen MR) is 98.0 cm³/mol. The summed E-state index contributed by atoms with van der Waals surface area (Å²) in [4.78, 5) is 32.7. The van der Waals surface area contributed by atoms with Crippen molar-refractivity contribution in [3.05, 3.63) is 54.2 Å². The molecule has 130 valence electrons.